The molecule has 5 heteroatoms. The fourth-order valence-electron chi connectivity index (χ4n) is 8.06. The summed E-state index contributed by atoms with van der Waals surface area (Å²) in [5, 5.41) is 33.1. The monoisotopic (exact) mass is 378 g/mol. The van der Waals surface area contributed by atoms with Crippen LogP contribution in [0, 0.1) is 34.0 Å². The number of rotatable bonds is 2. The summed E-state index contributed by atoms with van der Waals surface area (Å²) >= 11 is 0. The van der Waals surface area contributed by atoms with Gasteiger partial charge in [0.2, 0.25) is 0 Å². The van der Waals surface area contributed by atoms with Crippen molar-refractivity contribution < 1.29 is 24.9 Å². The first-order valence-corrected chi connectivity index (χ1v) is 10.4. The van der Waals surface area contributed by atoms with Crippen LogP contribution >= 0.6 is 0 Å². The smallest absolute Gasteiger partial charge is 0.302 e. The molecule has 5 nitrogen and oxygen atoms in total. The maximum absolute atomic E-state index is 11.6. The zero-order valence-electron chi connectivity index (χ0n) is 16.8. The van der Waals surface area contributed by atoms with E-state index in [0.717, 1.165) is 32.1 Å². The molecule has 27 heavy (non-hydrogen) atoms. The lowest BCUT2D eigenvalue weighted by Gasteiger charge is -2.67. The number of aliphatic hydroxyl groups excluding tert-OH is 3. The molecule has 4 fully saturated rings. The normalized spacial score (nSPS) is 54.2. The molecule has 0 radical (unpaired) electrons. The van der Waals surface area contributed by atoms with E-state index in [-0.39, 0.29) is 35.2 Å². The van der Waals surface area contributed by atoms with Crippen molar-refractivity contribution in [2.45, 2.75) is 77.6 Å². The van der Waals surface area contributed by atoms with Crippen LogP contribution in [0.25, 0.3) is 0 Å². The predicted molar refractivity (Wildman–Crippen MR) is 101 cm³/mol. The first kappa shape index (κ1) is 19.4. The van der Waals surface area contributed by atoms with Gasteiger partial charge in [-0.25, -0.2) is 0 Å². The number of esters is 1. The van der Waals surface area contributed by atoms with Gasteiger partial charge in [0.15, 0.2) is 0 Å². The maximum Gasteiger partial charge on any atom is 0.302 e. The second-order valence-corrected chi connectivity index (χ2v) is 10.3. The molecule has 4 saturated carbocycles. The number of aliphatic hydroxyl groups is 3. The van der Waals surface area contributed by atoms with Gasteiger partial charge in [0.05, 0.1) is 18.8 Å². The zero-order chi connectivity index (χ0) is 19.8. The van der Waals surface area contributed by atoms with Crippen LogP contribution in [0.1, 0.15) is 59.3 Å². The minimum absolute atomic E-state index is 0.177. The van der Waals surface area contributed by atoms with Crippen molar-refractivity contribution >= 4 is 5.97 Å². The Morgan fingerprint density at radius 1 is 1.26 bits per heavy atom. The van der Waals surface area contributed by atoms with E-state index < -0.39 is 23.7 Å². The highest BCUT2D eigenvalue weighted by atomic mass is 16.5. The molecule has 0 saturated heterocycles. The molecular weight excluding hydrogens is 344 g/mol. The van der Waals surface area contributed by atoms with Crippen LogP contribution in [-0.4, -0.2) is 46.2 Å². The van der Waals surface area contributed by atoms with Crippen LogP contribution in [0.5, 0.6) is 0 Å². The van der Waals surface area contributed by atoms with Gasteiger partial charge >= 0.3 is 5.97 Å². The third-order valence-corrected chi connectivity index (χ3v) is 9.06. The second-order valence-electron chi connectivity index (χ2n) is 10.3. The third-order valence-electron chi connectivity index (χ3n) is 9.06. The number of carbonyl (C=O) groups excluding carboxylic acids is 1. The molecule has 2 bridgehead atoms. The van der Waals surface area contributed by atoms with Crippen LogP contribution < -0.4 is 0 Å². The van der Waals surface area contributed by atoms with E-state index >= 15 is 0 Å². The summed E-state index contributed by atoms with van der Waals surface area (Å²) in [6.07, 6.45) is 3.15. The quantitative estimate of drug-likeness (QED) is 0.507. The number of hydrogen-bond donors (Lipinski definition) is 3. The summed E-state index contributed by atoms with van der Waals surface area (Å²) in [6, 6.07) is 0. The van der Waals surface area contributed by atoms with Crippen LogP contribution in [-0.2, 0) is 9.53 Å². The lowest BCUT2D eigenvalue weighted by molar-refractivity contribution is -0.277. The Kier molecular flexibility index (Phi) is 4.34. The van der Waals surface area contributed by atoms with E-state index in [1.807, 2.05) is 6.92 Å². The van der Waals surface area contributed by atoms with Gasteiger partial charge in [-0.1, -0.05) is 26.0 Å². The van der Waals surface area contributed by atoms with Crippen LogP contribution in [0.4, 0.5) is 0 Å². The fourth-order valence-corrected chi connectivity index (χ4v) is 8.06. The zero-order valence-corrected chi connectivity index (χ0v) is 16.8. The minimum atomic E-state index is -0.939. The van der Waals surface area contributed by atoms with Gasteiger partial charge in [-0.3, -0.25) is 4.79 Å². The fraction of sp³-hybridized carbons (Fsp3) is 0.864. The molecule has 9 atom stereocenters. The SMILES string of the molecule is C=C1CC23CC1CCC2C1(C)CCC(OC(C)=O)C(C)(CO)C1C(O)C3O. The second kappa shape index (κ2) is 6.04. The number of fused-ring (bicyclic) bond motifs is 3. The largest absolute Gasteiger partial charge is 0.462 e. The summed E-state index contributed by atoms with van der Waals surface area (Å²) in [5.74, 6) is 0.0697. The first-order chi connectivity index (χ1) is 12.6. The Labute approximate surface area is 161 Å². The molecule has 0 heterocycles. The third kappa shape index (κ3) is 2.37. The van der Waals surface area contributed by atoms with Gasteiger partial charge in [-0.15, -0.1) is 0 Å². The average molecular weight is 379 g/mol. The van der Waals surface area contributed by atoms with Crippen molar-refractivity contribution in [2.24, 2.45) is 34.0 Å². The molecule has 4 rings (SSSR count). The molecule has 4 aliphatic rings. The van der Waals surface area contributed by atoms with Crippen LogP contribution in [0.3, 0.4) is 0 Å². The number of hydrogen-bond acceptors (Lipinski definition) is 5. The highest BCUT2D eigenvalue weighted by Gasteiger charge is 2.71. The van der Waals surface area contributed by atoms with E-state index in [0.29, 0.717) is 12.3 Å². The molecule has 0 aromatic rings. The van der Waals surface area contributed by atoms with Crippen molar-refractivity contribution in [3.63, 3.8) is 0 Å². The standard InChI is InChI=1S/C22H34O5/c1-12-9-22-10-14(12)5-6-15(22)20(3)8-7-16(27-13(2)24)21(4,11-23)18(20)17(25)19(22)26/h14-19,23,25-26H,1,5-11H2,2-4H3. The Bertz CT molecular complexity index is 661. The molecule has 0 aromatic carbocycles. The molecule has 4 aliphatic carbocycles. The highest BCUT2D eigenvalue weighted by Crippen LogP contribution is 2.72. The minimum Gasteiger partial charge on any atom is -0.462 e. The van der Waals surface area contributed by atoms with Gasteiger partial charge < -0.3 is 20.1 Å². The van der Waals surface area contributed by atoms with E-state index in [9.17, 15) is 20.1 Å². The summed E-state index contributed by atoms with van der Waals surface area (Å²) in [5.41, 5.74) is -0.0468. The Morgan fingerprint density at radius 3 is 2.59 bits per heavy atom. The topological polar surface area (TPSA) is 87.0 Å². The molecule has 0 aliphatic heterocycles. The van der Waals surface area contributed by atoms with Crippen LogP contribution in [0.2, 0.25) is 0 Å². The highest BCUT2D eigenvalue weighted by molar-refractivity contribution is 5.66. The molecule has 1 spiro atoms. The van der Waals surface area contributed by atoms with Gasteiger partial charge in [-0.05, 0) is 55.8 Å². The van der Waals surface area contributed by atoms with Crippen molar-refractivity contribution in [1.29, 1.82) is 0 Å². The number of ether oxygens (including phenoxy) is 1. The van der Waals surface area contributed by atoms with Crippen molar-refractivity contribution in [1.82, 2.24) is 0 Å². The van der Waals surface area contributed by atoms with Crippen molar-refractivity contribution in [3.05, 3.63) is 12.2 Å². The van der Waals surface area contributed by atoms with E-state index in [2.05, 4.69) is 13.5 Å². The predicted octanol–water partition coefficient (Wildman–Crippen LogP) is 2.43. The lowest BCUT2D eigenvalue weighted by Crippen LogP contribution is -2.70. The van der Waals surface area contributed by atoms with Crippen molar-refractivity contribution in [2.75, 3.05) is 6.61 Å². The molecule has 3 N–H and O–H groups in total. The first-order valence-electron chi connectivity index (χ1n) is 10.4. The molecule has 0 aromatic heterocycles. The van der Waals surface area contributed by atoms with Gasteiger partial charge in [-0.2, -0.15) is 0 Å². The molecule has 152 valence electrons. The molecule has 0 amide bonds. The van der Waals surface area contributed by atoms with E-state index in [1.165, 1.54) is 12.5 Å². The summed E-state index contributed by atoms with van der Waals surface area (Å²) in [4.78, 5) is 11.6. The van der Waals surface area contributed by atoms with Crippen molar-refractivity contribution in [3.8, 4) is 0 Å². The van der Waals surface area contributed by atoms with Gasteiger partial charge in [0.1, 0.15) is 6.10 Å². The summed E-state index contributed by atoms with van der Waals surface area (Å²) < 4.78 is 5.58. The van der Waals surface area contributed by atoms with Gasteiger partial charge in [0.25, 0.3) is 0 Å². The Balaban J connectivity index is 1.79. The lowest BCUT2D eigenvalue weighted by atomic mass is 9.39. The summed E-state index contributed by atoms with van der Waals surface area (Å²) in [7, 11) is 0. The van der Waals surface area contributed by atoms with E-state index in [1.54, 1.807) is 0 Å². The maximum atomic E-state index is 11.6. The molecule has 9 unspecified atom stereocenters. The Hall–Kier alpha value is -0.910. The van der Waals surface area contributed by atoms with E-state index in [4.69, 9.17) is 4.74 Å². The summed E-state index contributed by atoms with van der Waals surface area (Å²) in [6.45, 7) is 9.63. The average Bonchev–Trinajstić information content (AvgIpc) is 2.86. The number of allylic oxidation sites excluding steroid dienone is 1. The Morgan fingerprint density at radius 2 is 1.96 bits per heavy atom. The van der Waals surface area contributed by atoms with Crippen LogP contribution in [0.15, 0.2) is 12.2 Å². The van der Waals surface area contributed by atoms with Gasteiger partial charge in [0, 0.05) is 23.7 Å². The molecular formula is C22H34O5. The number of carbonyl (C=O) groups is 1.